The fourth-order valence-corrected chi connectivity index (χ4v) is 3.85. The van der Waals surface area contributed by atoms with Gasteiger partial charge >= 0.3 is 5.97 Å². The van der Waals surface area contributed by atoms with Crippen LogP contribution >= 0.6 is 0 Å². The predicted octanol–water partition coefficient (Wildman–Crippen LogP) is 5.20. The van der Waals surface area contributed by atoms with Crippen molar-refractivity contribution in [2.24, 2.45) is 0 Å². The van der Waals surface area contributed by atoms with Gasteiger partial charge in [-0.3, -0.25) is 4.98 Å². The summed E-state index contributed by atoms with van der Waals surface area (Å²) in [6.07, 6.45) is 1.57. The summed E-state index contributed by atoms with van der Waals surface area (Å²) < 4.78 is 16.9. The number of hydrogen-bond acceptors (Lipinski definition) is 6. The van der Waals surface area contributed by atoms with Crippen LogP contribution in [0.15, 0.2) is 79.0 Å². The van der Waals surface area contributed by atoms with Crippen LogP contribution in [0.1, 0.15) is 21.6 Å². The molecule has 0 aliphatic rings. The van der Waals surface area contributed by atoms with Crippen molar-refractivity contribution in [1.29, 1.82) is 0 Å². The molecule has 0 fully saturated rings. The molecule has 0 saturated heterocycles. The number of aliphatic hydroxyl groups is 1. The highest BCUT2D eigenvalue weighted by atomic mass is 16.5. The maximum atomic E-state index is 11.6. The van der Waals surface area contributed by atoms with Crippen LogP contribution in [0.4, 0.5) is 0 Å². The summed E-state index contributed by atoms with van der Waals surface area (Å²) in [5.41, 5.74) is 4.39. The van der Waals surface area contributed by atoms with Crippen molar-refractivity contribution in [2.75, 3.05) is 14.2 Å². The number of aromatic nitrogens is 1. The van der Waals surface area contributed by atoms with Crippen LogP contribution in [0.2, 0.25) is 0 Å². The highest BCUT2D eigenvalue weighted by molar-refractivity contribution is 5.96. The summed E-state index contributed by atoms with van der Waals surface area (Å²) in [6.45, 7) is 0.00335. The van der Waals surface area contributed by atoms with Gasteiger partial charge in [-0.2, -0.15) is 0 Å². The van der Waals surface area contributed by atoms with Crippen molar-refractivity contribution in [3.63, 3.8) is 0 Å². The van der Waals surface area contributed by atoms with Gasteiger partial charge in [0.1, 0.15) is 23.8 Å². The topological polar surface area (TPSA) is 98.1 Å². The van der Waals surface area contributed by atoms with Crippen LogP contribution in [-0.4, -0.2) is 35.4 Å². The quantitative estimate of drug-likeness (QED) is 0.346. The molecule has 0 bridgehead atoms. The molecule has 0 aliphatic heterocycles. The highest BCUT2D eigenvalue weighted by Gasteiger charge is 2.19. The van der Waals surface area contributed by atoms with E-state index in [4.69, 9.17) is 14.2 Å². The zero-order chi connectivity index (χ0) is 24.8. The second-order valence-electron chi connectivity index (χ2n) is 7.70. The van der Waals surface area contributed by atoms with Crippen molar-refractivity contribution in [1.82, 2.24) is 4.98 Å². The molecule has 4 aromatic rings. The van der Waals surface area contributed by atoms with Gasteiger partial charge in [0.15, 0.2) is 5.75 Å². The molecule has 2 N–H and O–H groups in total. The number of carboxylic acids is 1. The third kappa shape index (κ3) is 5.10. The lowest BCUT2D eigenvalue weighted by molar-refractivity contribution is 0.0697. The molecule has 7 heteroatoms. The van der Waals surface area contributed by atoms with Crippen LogP contribution < -0.4 is 14.2 Å². The number of ether oxygens (including phenoxy) is 3. The van der Waals surface area contributed by atoms with E-state index >= 15 is 0 Å². The van der Waals surface area contributed by atoms with Crippen LogP contribution in [0, 0.1) is 0 Å². The Hall–Kier alpha value is -4.36. The molecule has 4 rings (SSSR count). The lowest BCUT2D eigenvalue weighted by Gasteiger charge is -2.17. The van der Waals surface area contributed by atoms with Gasteiger partial charge in [-0.1, -0.05) is 54.6 Å². The molecule has 0 aliphatic carbocycles. The minimum atomic E-state index is -0.984. The molecule has 0 radical (unpaired) electrons. The number of nitrogens with zero attached hydrogens (tertiary/aromatic N) is 1. The first-order chi connectivity index (χ1) is 17.0. The molecule has 0 unspecified atom stereocenters. The summed E-state index contributed by atoms with van der Waals surface area (Å²) in [5, 5.41) is 19.3. The third-order valence-corrected chi connectivity index (χ3v) is 5.62. The lowest BCUT2D eigenvalue weighted by Crippen LogP contribution is -2.03. The van der Waals surface area contributed by atoms with Gasteiger partial charge in [0.05, 0.1) is 38.2 Å². The van der Waals surface area contributed by atoms with Crippen LogP contribution in [0.25, 0.3) is 22.3 Å². The zero-order valence-electron chi connectivity index (χ0n) is 19.4. The van der Waals surface area contributed by atoms with Gasteiger partial charge in [0, 0.05) is 0 Å². The number of hydrogen-bond donors (Lipinski definition) is 2. The summed E-state index contributed by atoms with van der Waals surface area (Å²) >= 11 is 0. The number of carbonyl (C=O) groups is 1. The van der Waals surface area contributed by atoms with Gasteiger partial charge in [-0.25, -0.2) is 4.79 Å². The Kier molecular flexibility index (Phi) is 7.28. The van der Waals surface area contributed by atoms with E-state index in [1.165, 1.54) is 7.11 Å². The molecule has 0 atom stereocenters. The molecule has 178 valence electrons. The summed E-state index contributed by atoms with van der Waals surface area (Å²) in [4.78, 5) is 15.9. The van der Waals surface area contributed by atoms with E-state index in [1.807, 2.05) is 48.5 Å². The number of rotatable bonds is 9. The van der Waals surface area contributed by atoms with E-state index in [0.717, 1.165) is 22.4 Å². The number of methoxy groups -OCH3 is 2. The average Bonchev–Trinajstić information content (AvgIpc) is 2.91. The summed E-state index contributed by atoms with van der Waals surface area (Å²) in [5.74, 6) is 0.684. The maximum Gasteiger partial charge on any atom is 0.336 e. The third-order valence-electron chi connectivity index (χ3n) is 5.62. The summed E-state index contributed by atoms with van der Waals surface area (Å²) in [7, 11) is 3.13. The molecule has 1 heterocycles. The molecule has 0 saturated carbocycles. The molecule has 3 aromatic carbocycles. The van der Waals surface area contributed by atoms with Crippen molar-refractivity contribution in [3.8, 4) is 39.5 Å². The number of benzene rings is 3. The maximum absolute atomic E-state index is 11.6. The Balaban J connectivity index is 1.71. The zero-order valence-corrected chi connectivity index (χ0v) is 19.4. The van der Waals surface area contributed by atoms with Crippen molar-refractivity contribution < 1.29 is 29.2 Å². The number of carboxylic acid groups (broad SMARTS) is 1. The van der Waals surface area contributed by atoms with Crippen LogP contribution in [0.3, 0.4) is 0 Å². The fourth-order valence-electron chi connectivity index (χ4n) is 3.85. The number of aromatic carboxylic acids is 1. The summed E-state index contributed by atoms with van der Waals surface area (Å²) in [6, 6.07) is 21.9. The van der Waals surface area contributed by atoms with Crippen LogP contribution in [-0.2, 0) is 13.2 Å². The normalized spacial score (nSPS) is 10.6. The Morgan fingerprint density at radius 1 is 0.886 bits per heavy atom. The molecule has 7 nitrogen and oxygen atoms in total. The predicted molar refractivity (Wildman–Crippen MR) is 132 cm³/mol. The first-order valence-corrected chi connectivity index (χ1v) is 10.9. The largest absolute Gasteiger partial charge is 0.497 e. The Labute approximate surface area is 203 Å². The second kappa shape index (κ2) is 10.7. The standard InChI is InChI=1S/C28H25NO6/c1-33-21-13-7-18(8-14-21)17-35-25-15-29-24(16-30)27(34-2)26(25)20-11-9-19(10-12-20)22-5-3-4-6-23(22)28(31)32/h3-15,30H,16-17H2,1-2H3,(H,31,32). The first kappa shape index (κ1) is 23.8. The van der Waals surface area contributed by atoms with Gasteiger partial charge in [-0.15, -0.1) is 0 Å². The van der Waals surface area contributed by atoms with E-state index in [2.05, 4.69) is 4.98 Å². The second-order valence-corrected chi connectivity index (χ2v) is 7.70. The Morgan fingerprint density at radius 2 is 1.57 bits per heavy atom. The Bertz CT molecular complexity index is 1320. The molecule has 35 heavy (non-hydrogen) atoms. The first-order valence-electron chi connectivity index (χ1n) is 10.9. The van der Waals surface area contributed by atoms with Gasteiger partial charge < -0.3 is 24.4 Å². The van der Waals surface area contributed by atoms with E-state index in [-0.39, 0.29) is 12.2 Å². The van der Waals surface area contributed by atoms with E-state index < -0.39 is 5.97 Å². The van der Waals surface area contributed by atoms with Crippen LogP contribution in [0.5, 0.6) is 17.2 Å². The average molecular weight is 472 g/mol. The Morgan fingerprint density at radius 3 is 2.20 bits per heavy atom. The van der Waals surface area contributed by atoms with Gasteiger partial charge in [0.2, 0.25) is 0 Å². The monoisotopic (exact) mass is 471 g/mol. The fraction of sp³-hybridized carbons (Fsp3) is 0.143. The van der Waals surface area contributed by atoms with Crippen molar-refractivity contribution in [3.05, 3.63) is 95.8 Å². The van der Waals surface area contributed by atoms with E-state index in [9.17, 15) is 15.0 Å². The smallest absolute Gasteiger partial charge is 0.336 e. The minimum Gasteiger partial charge on any atom is -0.497 e. The molecule has 0 spiro atoms. The van der Waals surface area contributed by atoms with Crippen molar-refractivity contribution in [2.45, 2.75) is 13.2 Å². The molecule has 1 aromatic heterocycles. The molecular formula is C28H25NO6. The molecular weight excluding hydrogens is 446 g/mol. The SMILES string of the molecule is COc1ccc(COc2cnc(CO)c(OC)c2-c2ccc(-c3ccccc3C(=O)O)cc2)cc1. The lowest BCUT2D eigenvalue weighted by atomic mass is 9.96. The minimum absolute atomic E-state index is 0.229. The number of pyridine rings is 1. The highest BCUT2D eigenvalue weighted by Crippen LogP contribution is 2.41. The molecule has 0 amide bonds. The van der Waals surface area contributed by atoms with Crippen molar-refractivity contribution >= 4 is 5.97 Å². The van der Waals surface area contributed by atoms with Gasteiger partial charge in [0.25, 0.3) is 0 Å². The van der Waals surface area contributed by atoms with E-state index in [0.29, 0.717) is 34.9 Å². The number of aliphatic hydroxyl groups excluding tert-OH is 1. The van der Waals surface area contributed by atoms with E-state index in [1.54, 1.807) is 37.6 Å². The van der Waals surface area contributed by atoms with Gasteiger partial charge in [-0.05, 0) is 40.5 Å².